The number of aliphatic hydroxyl groups is 1. The molecule has 1 aromatic carbocycles. The number of aryl methyl sites for hydroxylation is 1. The molecule has 4 bridgehead atoms. The zero-order chi connectivity index (χ0) is 22.1. The van der Waals surface area contributed by atoms with E-state index in [9.17, 15) is 9.90 Å². The van der Waals surface area contributed by atoms with Gasteiger partial charge in [-0.05, 0) is 98.8 Å². The van der Waals surface area contributed by atoms with Crippen LogP contribution < -0.4 is 10.6 Å². The maximum absolute atomic E-state index is 13.0. The monoisotopic (exact) mass is 446 g/mol. The zero-order valence-corrected chi connectivity index (χ0v) is 19.9. The molecule has 5 rings (SSSR count). The van der Waals surface area contributed by atoms with Gasteiger partial charge >= 0.3 is 0 Å². The van der Waals surface area contributed by atoms with Crippen LogP contribution in [-0.4, -0.2) is 37.3 Å². The summed E-state index contributed by atoms with van der Waals surface area (Å²) in [5.41, 5.74) is 2.00. The molecule has 0 aromatic heterocycles. The molecular weight excluding hydrogens is 408 g/mol. The van der Waals surface area contributed by atoms with Gasteiger partial charge in [-0.25, -0.2) is 0 Å². The summed E-state index contributed by atoms with van der Waals surface area (Å²) in [5.74, 6) is 2.66. The fourth-order valence-electron chi connectivity index (χ4n) is 6.67. The van der Waals surface area contributed by atoms with E-state index in [1.807, 2.05) is 32.0 Å². The van der Waals surface area contributed by atoms with E-state index in [2.05, 4.69) is 10.6 Å². The molecule has 4 aliphatic rings. The standard InChI is InChI=1S/C26H39ClN2O2/c1-25(2,17-30)15-28-7-3-4-18-5-6-23(27)22(11-18)24(31)29-16-26-12-19-8-20(13-26)10-21(9-19)14-26/h5-6,11,19-21,28,30H,3-4,7-10,12-17H2,1-2H3,(H,29,31). The lowest BCUT2D eigenvalue weighted by molar-refractivity contribution is -0.0503. The second-order valence-electron chi connectivity index (χ2n) is 11.5. The van der Waals surface area contributed by atoms with Crippen LogP contribution in [0.5, 0.6) is 0 Å². The highest BCUT2D eigenvalue weighted by Crippen LogP contribution is 2.59. The van der Waals surface area contributed by atoms with Gasteiger partial charge in [0.1, 0.15) is 0 Å². The number of carbonyl (C=O) groups excluding carboxylic acids is 1. The average Bonchev–Trinajstić information content (AvgIpc) is 2.72. The van der Waals surface area contributed by atoms with Crippen molar-refractivity contribution in [2.75, 3.05) is 26.2 Å². The second-order valence-corrected chi connectivity index (χ2v) is 11.9. The first-order valence-corrected chi connectivity index (χ1v) is 12.5. The molecule has 31 heavy (non-hydrogen) atoms. The Labute approximate surface area is 192 Å². The van der Waals surface area contributed by atoms with Crippen LogP contribution in [-0.2, 0) is 6.42 Å². The molecule has 1 amide bonds. The summed E-state index contributed by atoms with van der Waals surface area (Å²) >= 11 is 6.40. The van der Waals surface area contributed by atoms with Crippen LogP contribution in [0.1, 0.15) is 74.7 Å². The summed E-state index contributed by atoms with van der Waals surface area (Å²) in [6, 6.07) is 5.85. The predicted octanol–water partition coefficient (Wildman–Crippen LogP) is 4.83. The van der Waals surface area contributed by atoms with Crippen LogP contribution in [0.2, 0.25) is 5.02 Å². The minimum Gasteiger partial charge on any atom is -0.396 e. The number of nitrogens with one attached hydrogen (secondary N) is 2. The van der Waals surface area contributed by atoms with Gasteiger partial charge in [0.2, 0.25) is 0 Å². The molecule has 4 nitrogen and oxygen atoms in total. The first-order valence-electron chi connectivity index (χ1n) is 12.2. The number of amides is 1. The van der Waals surface area contributed by atoms with Gasteiger partial charge in [-0.3, -0.25) is 4.79 Å². The van der Waals surface area contributed by atoms with Crippen LogP contribution in [0.15, 0.2) is 18.2 Å². The lowest BCUT2D eigenvalue weighted by Gasteiger charge is -2.56. The molecule has 3 N–H and O–H groups in total. The highest BCUT2D eigenvalue weighted by atomic mass is 35.5. The van der Waals surface area contributed by atoms with E-state index in [0.29, 0.717) is 16.0 Å². The number of aliphatic hydroxyl groups excluding tert-OH is 1. The molecule has 0 unspecified atom stereocenters. The van der Waals surface area contributed by atoms with Crippen molar-refractivity contribution < 1.29 is 9.90 Å². The molecule has 0 heterocycles. The molecule has 4 fully saturated rings. The summed E-state index contributed by atoms with van der Waals surface area (Å²) < 4.78 is 0. The second kappa shape index (κ2) is 9.41. The molecule has 0 aliphatic heterocycles. The van der Waals surface area contributed by atoms with Gasteiger partial charge in [0.05, 0.1) is 10.6 Å². The van der Waals surface area contributed by atoms with Gasteiger partial charge in [-0.2, -0.15) is 0 Å². The smallest absolute Gasteiger partial charge is 0.252 e. The van der Waals surface area contributed by atoms with Crippen molar-refractivity contribution in [1.29, 1.82) is 0 Å². The fraction of sp³-hybridized carbons (Fsp3) is 0.731. The molecule has 0 radical (unpaired) electrons. The van der Waals surface area contributed by atoms with Gasteiger partial charge in [0.15, 0.2) is 0 Å². The van der Waals surface area contributed by atoms with Crippen molar-refractivity contribution in [3.63, 3.8) is 0 Å². The summed E-state index contributed by atoms with van der Waals surface area (Å²) in [6.07, 6.45) is 10.1. The number of benzene rings is 1. The summed E-state index contributed by atoms with van der Waals surface area (Å²) in [4.78, 5) is 13.0. The Hall–Kier alpha value is -1.10. The molecule has 1 aromatic rings. The topological polar surface area (TPSA) is 61.4 Å². The third-order valence-corrected chi connectivity index (χ3v) is 8.24. The summed E-state index contributed by atoms with van der Waals surface area (Å²) in [5, 5.41) is 16.6. The maximum atomic E-state index is 13.0. The summed E-state index contributed by atoms with van der Waals surface area (Å²) in [6.45, 7) is 6.77. The van der Waals surface area contributed by atoms with Gasteiger partial charge in [0, 0.05) is 25.1 Å². The third kappa shape index (κ3) is 5.64. The molecule has 172 valence electrons. The average molecular weight is 447 g/mol. The van der Waals surface area contributed by atoms with Crippen LogP contribution in [0.25, 0.3) is 0 Å². The van der Waals surface area contributed by atoms with Crippen molar-refractivity contribution in [1.82, 2.24) is 10.6 Å². The fourth-order valence-corrected chi connectivity index (χ4v) is 6.88. The highest BCUT2D eigenvalue weighted by Gasteiger charge is 2.50. The largest absolute Gasteiger partial charge is 0.396 e. The highest BCUT2D eigenvalue weighted by molar-refractivity contribution is 6.33. The summed E-state index contributed by atoms with van der Waals surface area (Å²) in [7, 11) is 0. The molecular formula is C26H39ClN2O2. The lowest BCUT2D eigenvalue weighted by Crippen LogP contribution is -2.51. The first-order chi connectivity index (χ1) is 14.8. The molecule has 0 spiro atoms. The van der Waals surface area contributed by atoms with E-state index in [4.69, 9.17) is 11.6 Å². The van der Waals surface area contributed by atoms with Crippen molar-refractivity contribution in [2.45, 2.75) is 65.2 Å². The van der Waals surface area contributed by atoms with Gasteiger partial charge in [0.25, 0.3) is 5.91 Å². The molecule has 0 atom stereocenters. The molecule has 5 heteroatoms. The van der Waals surface area contributed by atoms with Crippen molar-refractivity contribution in [3.8, 4) is 0 Å². The van der Waals surface area contributed by atoms with E-state index in [1.54, 1.807) is 0 Å². The lowest BCUT2D eigenvalue weighted by atomic mass is 9.49. The Morgan fingerprint density at radius 3 is 2.42 bits per heavy atom. The minimum absolute atomic E-state index is 0.0228. The first kappa shape index (κ1) is 23.1. The normalized spacial score (nSPS) is 29.4. The molecule has 4 aliphatic carbocycles. The Morgan fingerprint density at radius 1 is 1.16 bits per heavy atom. The van der Waals surface area contributed by atoms with E-state index in [-0.39, 0.29) is 17.9 Å². The number of hydrogen-bond acceptors (Lipinski definition) is 3. The van der Waals surface area contributed by atoms with Crippen molar-refractivity contribution in [2.24, 2.45) is 28.6 Å². The SMILES string of the molecule is CC(C)(CO)CNCCCc1ccc(Cl)c(C(=O)NCC23CC4CC(CC(C4)C2)C3)c1. The van der Waals surface area contributed by atoms with Crippen LogP contribution in [0, 0.1) is 28.6 Å². The van der Waals surface area contributed by atoms with Crippen LogP contribution >= 0.6 is 11.6 Å². The van der Waals surface area contributed by atoms with E-state index in [1.165, 1.54) is 38.5 Å². The van der Waals surface area contributed by atoms with Crippen molar-refractivity contribution in [3.05, 3.63) is 34.3 Å². The van der Waals surface area contributed by atoms with E-state index >= 15 is 0 Å². The Bertz CT molecular complexity index is 756. The van der Waals surface area contributed by atoms with Gasteiger partial charge < -0.3 is 15.7 Å². The van der Waals surface area contributed by atoms with Crippen LogP contribution in [0.3, 0.4) is 0 Å². The molecule has 4 saturated carbocycles. The third-order valence-electron chi connectivity index (χ3n) is 7.91. The Balaban J connectivity index is 1.28. The maximum Gasteiger partial charge on any atom is 0.252 e. The van der Waals surface area contributed by atoms with Crippen molar-refractivity contribution >= 4 is 17.5 Å². The van der Waals surface area contributed by atoms with E-state index in [0.717, 1.165) is 55.8 Å². The molecule has 0 saturated heterocycles. The number of hydrogen-bond donors (Lipinski definition) is 3. The van der Waals surface area contributed by atoms with Gasteiger partial charge in [-0.15, -0.1) is 0 Å². The number of carbonyl (C=O) groups is 1. The Morgan fingerprint density at radius 2 is 1.81 bits per heavy atom. The quantitative estimate of drug-likeness (QED) is 0.451. The van der Waals surface area contributed by atoms with Gasteiger partial charge in [-0.1, -0.05) is 31.5 Å². The predicted molar refractivity (Wildman–Crippen MR) is 126 cm³/mol. The van der Waals surface area contributed by atoms with Crippen LogP contribution in [0.4, 0.5) is 0 Å². The zero-order valence-electron chi connectivity index (χ0n) is 19.2. The Kier molecular flexibility index (Phi) is 7.00. The number of halogens is 1. The minimum atomic E-state index is -0.0950. The number of rotatable bonds is 10. The van der Waals surface area contributed by atoms with E-state index < -0.39 is 0 Å².